The number of ether oxygens (including phenoxy) is 2. The van der Waals surface area contributed by atoms with E-state index >= 15 is 0 Å². The van der Waals surface area contributed by atoms with Crippen LogP contribution in [-0.2, 0) is 16.1 Å². The number of aliphatic imine (C=N–C) groups is 1. The van der Waals surface area contributed by atoms with E-state index in [1.54, 1.807) is 14.2 Å². The van der Waals surface area contributed by atoms with Crippen molar-refractivity contribution in [1.29, 1.82) is 0 Å². The van der Waals surface area contributed by atoms with Crippen LogP contribution in [0.15, 0.2) is 29.3 Å². The van der Waals surface area contributed by atoms with Crippen molar-refractivity contribution in [3.05, 3.63) is 29.8 Å². The molecule has 5 heteroatoms. The normalized spacial score (nSPS) is 27.3. The molecule has 0 heterocycles. The molecule has 2 unspecified atom stereocenters. The predicted molar refractivity (Wildman–Crippen MR) is 90.0 cm³/mol. The number of methoxy groups -OCH3 is 2. The number of rotatable bonds is 5. The predicted octanol–water partition coefficient (Wildman–Crippen LogP) is 2.76. The van der Waals surface area contributed by atoms with Crippen LogP contribution < -0.4 is 11.1 Å². The minimum Gasteiger partial charge on any atom is -0.380 e. The van der Waals surface area contributed by atoms with Crippen molar-refractivity contribution < 1.29 is 9.47 Å². The summed E-state index contributed by atoms with van der Waals surface area (Å²) in [5.74, 6) is 0.430. The lowest BCUT2D eigenvalue weighted by molar-refractivity contribution is -0.171. The summed E-state index contributed by atoms with van der Waals surface area (Å²) in [4.78, 5) is 4.64. The van der Waals surface area contributed by atoms with Crippen LogP contribution in [-0.4, -0.2) is 31.8 Å². The third-order valence-corrected chi connectivity index (χ3v) is 5.10. The van der Waals surface area contributed by atoms with Crippen molar-refractivity contribution in [1.82, 2.24) is 0 Å². The van der Waals surface area contributed by atoms with Crippen molar-refractivity contribution in [2.45, 2.75) is 45.4 Å². The molecule has 122 valence electrons. The molecule has 1 aliphatic carbocycles. The average Bonchev–Trinajstić information content (AvgIpc) is 2.48. The lowest BCUT2D eigenvalue weighted by Crippen LogP contribution is -2.62. The van der Waals surface area contributed by atoms with Gasteiger partial charge in [0.1, 0.15) is 0 Å². The van der Waals surface area contributed by atoms with E-state index < -0.39 is 0 Å². The number of benzene rings is 1. The zero-order valence-corrected chi connectivity index (χ0v) is 14.1. The van der Waals surface area contributed by atoms with Crippen molar-refractivity contribution in [2.75, 3.05) is 19.5 Å². The Hall–Kier alpha value is -1.59. The second kappa shape index (κ2) is 6.26. The van der Waals surface area contributed by atoms with Crippen LogP contribution in [0.25, 0.3) is 0 Å². The Kier molecular flexibility index (Phi) is 4.78. The molecule has 0 aromatic heterocycles. The number of para-hydroxylation sites is 1. The molecule has 1 aromatic rings. The zero-order valence-electron chi connectivity index (χ0n) is 14.1. The molecule has 1 aliphatic rings. The maximum absolute atomic E-state index is 6.09. The zero-order chi connectivity index (χ0) is 16.4. The lowest BCUT2D eigenvalue weighted by atomic mass is 9.56. The van der Waals surface area contributed by atoms with Gasteiger partial charge in [-0.3, -0.25) is 0 Å². The van der Waals surface area contributed by atoms with Crippen molar-refractivity contribution >= 4 is 11.6 Å². The van der Waals surface area contributed by atoms with Crippen LogP contribution in [0.4, 0.5) is 5.69 Å². The molecule has 0 radical (unpaired) electrons. The van der Waals surface area contributed by atoms with Gasteiger partial charge in [-0.15, -0.1) is 0 Å². The van der Waals surface area contributed by atoms with Gasteiger partial charge in [-0.25, -0.2) is 4.99 Å². The number of nitrogens with two attached hydrogens (primary N) is 1. The van der Waals surface area contributed by atoms with Gasteiger partial charge in [-0.1, -0.05) is 32.0 Å². The van der Waals surface area contributed by atoms with Gasteiger partial charge >= 0.3 is 0 Å². The highest BCUT2D eigenvalue weighted by atomic mass is 16.5. The molecule has 5 nitrogen and oxygen atoms in total. The van der Waals surface area contributed by atoms with E-state index in [0.717, 1.165) is 17.7 Å². The van der Waals surface area contributed by atoms with Crippen LogP contribution in [0.3, 0.4) is 0 Å². The Balaban J connectivity index is 2.09. The fourth-order valence-electron chi connectivity index (χ4n) is 2.92. The maximum Gasteiger partial charge on any atom is 0.193 e. The Labute approximate surface area is 132 Å². The fourth-order valence-corrected chi connectivity index (χ4v) is 2.92. The summed E-state index contributed by atoms with van der Waals surface area (Å²) in [6, 6.07) is 8.08. The second-order valence-corrected chi connectivity index (χ2v) is 6.61. The quantitative estimate of drug-likeness (QED) is 0.648. The van der Waals surface area contributed by atoms with Crippen LogP contribution in [0, 0.1) is 5.41 Å². The molecule has 3 N–H and O–H groups in total. The highest BCUT2D eigenvalue weighted by Crippen LogP contribution is 2.53. The molecular weight excluding hydrogens is 278 g/mol. The fraction of sp³-hybridized carbons (Fsp3) is 0.588. The van der Waals surface area contributed by atoms with Crippen LogP contribution in [0.1, 0.15) is 32.8 Å². The maximum atomic E-state index is 6.09. The van der Waals surface area contributed by atoms with Crippen molar-refractivity contribution in [3.63, 3.8) is 0 Å². The molecular formula is C17H27N3O2. The molecule has 1 saturated carbocycles. The van der Waals surface area contributed by atoms with E-state index in [4.69, 9.17) is 15.2 Å². The third-order valence-electron chi connectivity index (χ3n) is 5.10. The lowest BCUT2D eigenvalue weighted by Gasteiger charge is -2.57. The van der Waals surface area contributed by atoms with Gasteiger partial charge in [0.25, 0.3) is 0 Å². The van der Waals surface area contributed by atoms with Crippen LogP contribution in [0.5, 0.6) is 0 Å². The number of hydrogen-bond acceptors (Lipinski definition) is 3. The summed E-state index contributed by atoms with van der Waals surface area (Å²) >= 11 is 0. The van der Waals surface area contributed by atoms with Gasteiger partial charge in [0.15, 0.2) is 5.96 Å². The first-order valence-corrected chi connectivity index (χ1v) is 7.56. The van der Waals surface area contributed by atoms with E-state index in [0.29, 0.717) is 12.6 Å². The van der Waals surface area contributed by atoms with Crippen LogP contribution >= 0.6 is 0 Å². The van der Waals surface area contributed by atoms with Crippen LogP contribution in [0.2, 0.25) is 0 Å². The van der Waals surface area contributed by atoms with E-state index in [1.165, 1.54) is 0 Å². The topological polar surface area (TPSA) is 68.9 Å². The molecule has 1 aromatic carbocycles. The van der Waals surface area contributed by atoms with E-state index in [2.05, 4.69) is 31.1 Å². The first-order chi connectivity index (χ1) is 10.3. The summed E-state index contributed by atoms with van der Waals surface area (Å²) < 4.78 is 10.8. The van der Waals surface area contributed by atoms with E-state index in [9.17, 15) is 0 Å². The SMILES string of the molecule is COCc1ccccc1NC(N)=NC1CC(C)(OC)C1(C)C. The van der Waals surface area contributed by atoms with Gasteiger partial charge in [0, 0.05) is 30.9 Å². The van der Waals surface area contributed by atoms with Gasteiger partial charge < -0.3 is 20.5 Å². The van der Waals surface area contributed by atoms with E-state index in [1.807, 2.05) is 24.3 Å². The molecule has 0 saturated heterocycles. The second-order valence-electron chi connectivity index (χ2n) is 6.61. The average molecular weight is 305 g/mol. The number of nitrogens with zero attached hydrogens (tertiary/aromatic N) is 1. The number of nitrogens with one attached hydrogen (secondary N) is 1. The monoisotopic (exact) mass is 305 g/mol. The Bertz CT molecular complexity index is 557. The summed E-state index contributed by atoms with van der Waals surface area (Å²) in [5, 5.41) is 3.18. The summed E-state index contributed by atoms with van der Waals surface area (Å²) in [6.07, 6.45) is 0.874. The first-order valence-electron chi connectivity index (χ1n) is 7.56. The Morgan fingerprint density at radius 2 is 2.00 bits per heavy atom. The molecule has 22 heavy (non-hydrogen) atoms. The number of guanidine groups is 1. The molecule has 2 atom stereocenters. The largest absolute Gasteiger partial charge is 0.380 e. The smallest absolute Gasteiger partial charge is 0.193 e. The van der Waals surface area contributed by atoms with Crippen molar-refractivity contribution in [3.8, 4) is 0 Å². The third kappa shape index (κ3) is 2.96. The summed E-state index contributed by atoms with van der Waals surface area (Å²) in [7, 11) is 3.43. The molecule has 0 spiro atoms. The van der Waals surface area contributed by atoms with Gasteiger partial charge in [-0.05, 0) is 19.4 Å². The molecule has 0 bridgehead atoms. The van der Waals surface area contributed by atoms with Crippen molar-refractivity contribution in [2.24, 2.45) is 16.1 Å². The first kappa shape index (κ1) is 16.8. The van der Waals surface area contributed by atoms with Gasteiger partial charge in [-0.2, -0.15) is 0 Å². The number of anilines is 1. The molecule has 0 aliphatic heterocycles. The molecule has 2 rings (SSSR count). The summed E-state index contributed by atoms with van der Waals surface area (Å²) in [6.45, 7) is 6.99. The van der Waals surface area contributed by atoms with Gasteiger partial charge in [0.05, 0.1) is 18.2 Å². The standard InChI is InChI=1S/C17H27N3O2/c1-16(2)14(10-17(16,3)22-5)20-15(18)19-13-9-7-6-8-12(13)11-21-4/h6-9,14H,10-11H2,1-5H3,(H3,18,19,20). The highest BCUT2D eigenvalue weighted by Gasteiger charge is 2.58. The number of hydrogen-bond donors (Lipinski definition) is 2. The Morgan fingerprint density at radius 3 is 2.59 bits per heavy atom. The minimum absolute atomic E-state index is 0.0416. The molecule has 1 fully saturated rings. The summed E-state index contributed by atoms with van der Waals surface area (Å²) in [5.41, 5.74) is 7.89. The minimum atomic E-state index is -0.143. The van der Waals surface area contributed by atoms with Gasteiger partial charge in [0.2, 0.25) is 0 Å². The Morgan fingerprint density at radius 1 is 1.32 bits per heavy atom. The molecule has 0 amide bonds. The highest BCUT2D eigenvalue weighted by molar-refractivity contribution is 5.93. The van der Waals surface area contributed by atoms with E-state index in [-0.39, 0.29) is 17.1 Å².